The number of carbonyl (C=O) groups is 1. The van der Waals surface area contributed by atoms with Crippen LogP contribution in [0.3, 0.4) is 0 Å². The van der Waals surface area contributed by atoms with E-state index in [1.807, 2.05) is 31.2 Å². The molecule has 0 atom stereocenters. The van der Waals surface area contributed by atoms with Crippen molar-refractivity contribution in [1.29, 1.82) is 0 Å². The molecule has 0 bridgehead atoms. The molecule has 0 spiro atoms. The second-order valence-electron chi connectivity index (χ2n) is 4.22. The second kappa shape index (κ2) is 4.78. The van der Waals surface area contributed by atoms with Gasteiger partial charge in [-0.15, -0.1) is 0 Å². The summed E-state index contributed by atoms with van der Waals surface area (Å²) in [6, 6.07) is 7.92. The van der Waals surface area contributed by atoms with E-state index >= 15 is 0 Å². The summed E-state index contributed by atoms with van der Waals surface area (Å²) >= 11 is 5.07. The number of H-pyrrole nitrogens is 1. The van der Waals surface area contributed by atoms with Crippen LogP contribution in [-0.4, -0.2) is 20.6 Å². The third-order valence-electron chi connectivity index (χ3n) is 3.06. The lowest BCUT2D eigenvalue weighted by Gasteiger charge is -2.07. The van der Waals surface area contributed by atoms with E-state index < -0.39 is 5.97 Å². The smallest absolute Gasteiger partial charge is 0.354 e. The number of aromatic amines is 1. The maximum Gasteiger partial charge on any atom is 0.354 e. The molecule has 0 aliphatic carbocycles. The van der Waals surface area contributed by atoms with Gasteiger partial charge in [-0.25, -0.2) is 4.79 Å². The van der Waals surface area contributed by atoms with Gasteiger partial charge in [-0.1, -0.05) is 24.3 Å². The molecule has 4 nitrogen and oxygen atoms in total. The molecule has 0 saturated carbocycles. The van der Waals surface area contributed by atoms with E-state index in [0.717, 1.165) is 11.1 Å². The Balaban J connectivity index is 2.50. The van der Waals surface area contributed by atoms with Crippen LogP contribution in [0.1, 0.15) is 27.3 Å². The summed E-state index contributed by atoms with van der Waals surface area (Å²) in [6.45, 7) is 2.01. The molecule has 1 heterocycles. The fraction of sp³-hybridized carbons (Fsp3) is 0.231. The van der Waals surface area contributed by atoms with Crippen molar-refractivity contribution in [2.45, 2.75) is 13.3 Å². The van der Waals surface area contributed by atoms with Crippen LogP contribution in [-0.2, 0) is 13.5 Å². The molecule has 1 aromatic heterocycles. The van der Waals surface area contributed by atoms with Gasteiger partial charge in [0.25, 0.3) is 0 Å². The third-order valence-corrected chi connectivity index (χ3v) is 3.44. The summed E-state index contributed by atoms with van der Waals surface area (Å²) in [5.41, 5.74) is 3.11. The maximum absolute atomic E-state index is 11.2. The van der Waals surface area contributed by atoms with Crippen LogP contribution < -0.4 is 0 Å². The van der Waals surface area contributed by atoms with E-state index in [1.165, 1.54) is 0 Å². The Hall–Kier alpha value is -1.88. The van der Waals surface area contributed by atoms with Crippen molar-refractivity contribution in [2.75, 3.05) is 0 Å². The highest BCUT2D eigenvalue weighted by molar-refractivity contribution is 7.71. The zero-order valence-electron chi connectivity index (χ0n) is 10.2. The summed E-state index contributed by atoms with van der Waals surface area (Å²) in [5.74, 6) is -0.981. The molecule has 0 amide bonds. The minimum Gasteiger partial charge on any atom is -0.477 e. The van der Waals surface area contributed by atoms with Crippen molar-refractivity contribution in [1.82, 2.24) is 9.55 Å². The van der Waals surface area contributed by atoms with Crippen molar-refractivity contribution >= 4 is 18.2 Å². The number of nitrogens with zero attached hydrogens (tertiary/aromatic N) is 1. The number of hydrogen-bond donors (Lipinski definition) is 2. The molecule has 1 aromatic carbocycles. The fourth-order valence-electron chi connectivity index (χ4n) is 1.93. The molecule has 94 valence electrons. The van der Waals surface area contributed by atoms with Crippen molar-refractivity contribution in [3.05, 3.63) is 51.6 Å². The summed E-state index contributed by atoms with van der Waals surface area (Å²) < 4.78 is 2.14. The Kier molecular flexibility index (Phi) is 3.34. The summed E-state index contributed by atoms with van der Waals surface area (Å²) in [4.78, 5) is 13.9. The SMILES string of the molecule is Cc1ccccc1Cc1c(C(=O)O)[nH]c(=S)n1C. The monoisotopic (exact) mass is 262 g/mol. The van der Waals surface area contributed by atoms with E-state index in [-0.39, 0.29) is 5.69 Å². The predicted molar refractivity (Wildman–Crippen MR) is 71.5 cm³/mol. The molecule has 0 radical (unpaired) electrons. The first-order chi connectivity index (χ1) is 8.50. The van der Waals surface area contributed by atoms with Gasteiger partial charge in [-0.3, -0.25) is 0 Å². The standard InChI is InChI=1S/C13H14N2O2S/c1-8-5-3-4-6-9(8)7-10-11(12(16)17)14-13(18)15(10)2/h3-6H,7H2,1-2H3,(H,14,18)(H,16,17). The Morgan fingerprint density at radius 3 is 2.72 bits per heavy atom. The first-order valence-corrected chi connectivity index (χ1v) is 5.97. The van der Waals surface area contributed by atoms with Crippen molar-refractivity contribution < 1.29 is 9.90 Å². The lowest BCUT2D eigenvalue weighted by Crippen LogP contribution is -2.06. The Morgan fingerprint density at radius 1 is 1.44 bits per heavy atom. The van der Waals surface area contributed by atoms with Gasteiger partial charge in [0.1, 0.15) is 5.69 Å². The first kappa shape index (κ1) is 12.6. The lowest BCUT2D eigenvalue weighted by molar-refractivity contribution is 0.0689. The van der Waals surface area contributed by atoms with E-state index in [2.05, 4.69) is 4.98 Å². The molecule has 2 N–H and O–H groups in total. The molecular weight excluding hydrogens is 248 g/mol. The van der Waals surface area contributed by atoms with Gasteiger partial charge in [-0.05, 0) is 30.3 Å². The number of nitrogens with one attached hydrogen (secondary N) is 1. The lowest BCUT2D eigenvalue weighted by atomic mass is 10.0. The third kappa shape index (κ3) is 2.22. The number of carboxylic acid groups (broad SMARTS) is 1. The fourth-order valence-corrected chi connectivity index (χ4v) is 2.14. The average molecular weight is 262 g/mol. The number of hydrogen-bond acceptors (Lipinski definition) is 2. The molecule has 18 heavy (non-hydrogen) atoms. The molecule has 0 unspecified atom stereocenters. The highest BCUT2D eigenvalue weighted by atomic mass is 32.1. The van der Waals surface area contributed by atoms with Crippen LogP contribution in [0.4, 0.5) is 0 Å². The van der Waals surface area contributed by atoms with Crippen molar-refractivity contribution in [3.63, 3.8) is 0 Å². The molecular formula is C13H14N2O2S. The van der Waals surface area contributed by atoms with Crippen LogP contribution in [0, 0.1) is 11.7 Å². The van der Waals surface area contributed by atoms with Crippen molar-refractivity contribution in [3.8, 4) is 0 Å². The Bertz CT molecular complexity index is 655. The second-order valence-corrected chi connectivity index (χ2v) is 4.61. The van der Waals surface area contributed by atoms with Crippen LogP contribution in [0.25, 0.3) is 0 Å². The summed E-state index contributed by atoms with van der Waals surface area (Å²) in [6.07, 6.45) is 0.554. The Labute approximate surface area is 110 Å². The van der Waals surface area contributed by atoms with Crippen LogP contribution in [0.15, 0.2) is 24.3 Å². The number of carboxylic acids is 1. The maximum atomic E-state index is 11.2. The largest absolute Gasteiger partial charge is 0.477 e. The zero-order valence-corrected chi connectivity index (χ0v) is 11.0. The van der Waals surface area contributed by atoms with Gasteiger partial charge in [0.05, 0.1) is 5.69 Å². The molecule has 0 aliphatic heterocycles. The first-order valence-electron chi connectivity index (χ1n) is 5.56. The number of rotatable bonds is 3. The van der Waals surface area contributed by atoms with Crippen molar-refractivity contribution in [2.24, 2.45) is 7.05 Å². The number of imidazole rings is 1. The minimum atomic E-state index is -0.981. The van der Waals surface area contributed by atoms with Gasteiger partial charge in [0.2, 0.25) is 0 Å². The van der Waals surface area contributed by atoms with Crippen LogP contribution >= 0.6 is 12.2 Å². The summed E-state index contributed by atoms with van der Waals surface area (Å²) in [5, 5.41) is 9.16. The van der Waals surface area contributed by atoms with Gasteiger partial charge in [0, 0.05) is 13.5 Å². The van der Waals surface area contributed by atoms with E-state index in [4.69, 9.17) is 17.3 Å². The molecule has 2 aromatic rings. The average Bonchev–Trinajstić information content (AvgIpc) is 2.60. The number of aryl methyl sites for hydroxylation is 1. The summed E-state index contributed by atoms with van der Waals surface area (Å²) in [7, 11) is 1.78. The number of aromatic nitrogens is 2. The number of aromatic carboxylic acids is 1. The van der Waals surface area contributed by atoms with Gasteiger partial charge in [0.15, 0.2) is 4.77 Å². The van der Waals surface area contributed by atoms with Gasteiger partial charge >= 0.3 is 5.97 Å². The topological polar surface area (TPSA) is 58.0 Å². The quantitative estimate of drug-likeness (QED) is 0.836. The van der Waals surface area contributed by atoms with Gasteiger partial charge in [-0.2, -0.15) is 0 Å². The van der Waals surface area contributed by atoms with E-state index in [0.29, 0.717) is 16.9 Å². The van der Waals surface area contributed by atoms with E-state index in [9.17, 15) is 4.79 Å². The zero-order chi connectivity index (χ0) is 13.3. The normalized spacial score (nSPS) is 10.6. The molecule has 0 fully saturated rings. The molecule has 5 heteroatoms. The minimum absolute atomic E-state index is 0.172. The molecule has 0 saturated heterocycles. The molecule has 0 aliphatic rings. The van der Waals surface area contributed by atoms with Crippen LogP contribution in [0.2, 0.25) is 0 Å². The highest BCUT2D eigenvalue weighted by Gasteiger charge is 2.16. The Morgan fingerprint density at radius 2 is 2.11 bits per heavy atom. The number of benzene rings is 1. The predicted octanol–water partition coefficient (Wildman–Crippen LogP) is 2.68. The highest BCUT2D eigenvalue weighted by Crippen LogP contribution is 2.16. The van der Waals surface area contributed by atoms with Crippen LogP contribution in [0.5, 0.6) is 0 Å². The van der Waals surface area contributed by atoms with Gasteiger partial charge < -0.3 is 14.7 Å². The van der Waals surface area contributed by atoms with E-state index in [1.54, 1.807) is 11.6 Å². The molecule has 2 rings (SSSR count).